The quantitative estimate of drug-likeness (QED) is 0.773. The second kappa shape index (κ2) is 8.54. The fraction of sp³-hybridized carbons (Fsp3) is 0.474. The highest BCUT2D eigenvalue weighted by molar-refractivity contribution is 7.98. The first-order valence-corrected chi connectivity index (χ1v) is 9.87. The number of imidazole rings is 1. The van der Waals surface area contributed by atoms with Crippen LogP contribution in [-0.2, 0) is 12.8 Å². The SMILES string of the molecule is CCN1CCC[C@@H]1CNC(=O)c1cccc(CSc2nccn2C)c1. The highest BCUT2D eigenvalue weighted by Gasteiger charge is 2.23. The van der Waals surface area contributed by atoms with Gasteiger partial charge < -0.3 is 9.88 Å². The Balaban J connectivity index is 1.55. The van der Waals surface area contributed by atoms with Crippen molar-refractivity contribution in [2.45, 2.75) is 36.7 Å². The van der Waals surface area contributed by atoms with Gasteiger partial charge in [0, 0.05) is 43.3 Å². The first-order valence-electron chi connectivity index (χ1n) is 8.88. The van der Waals surface area contributed by atoms with Crippen LogP contribution < -0.4 is 5.32 Å². The van der Waals surface area contributed by atoms with Crippen LogP contribution in [-0.4, -0.2) is 46.0 Å². The number of nitrogens with zero attached hydrogens (tertiary/aromatic N) is 3. The summed E-state index contributed by atoms with van der Waals surface area (Å²) in [7, 11) is 1.99. The van der Waals surface area contributed by atoms with Gasteiger partial charge in [-0.25, -0.2) is 4.98 Å². The van der Waals surface area contributed by atoms with Crippen LogP contribution >= 0.6 is 11.8 Å². The van der Waals surface area contributed by atoms with Gasteiger partial charge in [-0.3, -0.25) is 9.69 Å². The Hall–Kier alpha value is -1.79. The van der Waals surface area contributed by atoms with E-state index in [4.69, 9.17) is 0 Å². The summed E-state index contributed by atoms with van der Waals surface area (Å²) in [5.74, 6) is 0.824. The third-order valence-corrected chi connectivity index (χ3v) is 5.87. The number of amides is 1. The van der Waals surface area contributed by atoms with Crippen LogP contribution in [0.3, 0.4) is 0 Å². The molecule has 0 spiro atoms. The number of hydrogen-bond donors (Lipinski definition) is 1. The van der Waals surface area contributed by atoms with Crippen molar-refractivity contribution in [3.05, 3.63) is 47.8 Å². The zero-order chi connectivity index (χ0) is 17.6. The summed E-state index contributed by atoms with van der Waals surface area (Å²) in [4.78, 5) is 19.2. The highest BCUT2D eigenvalue weighted by atomic mass is 32.2. The number of likely N-dealkylation sites (N-methyl/N-ethyl adjacent to an activating group) is 1. The van der Waals surface area contributed by atoms with Gasteiger partial charge in [0.1, 0.15) is 0 Å². The van der Waals surface area contributed by atoms with E-state index < -0.39 is 0 Å². The third kappa shape index (κ3) is 4.64. The summed E-state index contributed by atoms with van der Waals surface area (Å²) in [5, 5.41) is 4.09. The van der Waals surface area contributed by atoms with Crippen LogP contribution in [0.5, 0.6) is 0 Å². The molecule has 1 saturated heterocycles. The summed E-state index contributed by atoms with van der Waals surface area (Å²) < 4.78 is 2.00. The fourth-order valence-electron chi connectivity index (χ4n) is 3.30. The van der Waals surface area contributed by atoms with Crippen molar-refractivity contribution < 1.29 is 4.79 Å². The fourth-order valence-corrected chi connectivity index (χ4v) is 4.17. The normalized spacial score (nSPS) is 17.8. The van der Waals surface area contributed by atoms with Gasteiger partial charge in [0.05, 0.1) is 0 Å². The average Bonchev–Trinajstić information content (AvgIpc) is 3.26. The molecule has 6 heteroatoms. The lowest BCUT2D eigenvalue weighted by Gasteiger charge is -2.22. The van der Waals surface area contributed by atoms with Crippen molar-refractivity contribution in [2.75, 3.05) is 19.6 Å². The molecule has 0 aliphatic carbocycles. The van der Waals surface area contributed by atoms with E-state index in [1.807, 2.05) is 36.0 Å². The predicted octanol–water partition coefficient (Wildman–Crippen LogP) is 2.93. The Labute approximate surface area is 153 Å². The molecule has 1 aliphatic heterocycles. The summed E-state index contributed by atoms with van der Waals surface area (Å²) in [6.45, 7) is 5.12. The summed E-state index contributed by atoms with van der Waals surface area (Å²) >= 11 is 1.68. The van der Waals surface area contributed by atoms with Gasteiger partial charge in [-0.15, -0.1) is 0 Å². The summed E-state index contributed by atoms with van der Waals surface area (Å²) in [6, 6.07) is 8.37. The van der Waals surface area contributed by atoms with Gasteiger partial charge in [0.25, 0.3) is 5.91 Å². The molecule has 1 N–H and O–H groups in total. The number of carbonyl (C=O) groups excluding carboxylic acids is 1. The number of aryl methyl sites for hydroxylation is 1. The van der Waals surface area contributed by atoms with Crippen molar-refractivity contribution >= 4 is 17.7 Å². The molecule has 1 aromatic heterocycles. The van der Waals surface area contributed by atoms with Gasteiger partial charge in [-0.2, -0.15) is 0 Å². The standard InChI is InChI=1S/C19H26N4OS/c1-3-23-10-5-8-17(23)13-21-18(24)16-7-4-6-15(12-16)14-25-19-20-9-11-22(19)2/h4,6-7,9,11-12,17H,3,5,8,10,13-14H2,1-2H3,(H,21,24)/t17-/m1/s1. The number of hydrogen-bond acceptors (Lipinski definition) is 4. The molecule has 134 valence electrons. The van der Waals surface area contributed by atoms with Gasteiger partial charge in [0.2, 0.25) is 0 Å². The maximum absolute atomic E-state index is 12.5. The first kappa shape index (κ1) is 18.0. The highest BCUT2D eigenvalue weighted by Crippen LogP contribution is 2.21. The maximum atomic E-state index is 12.5. The maximum Gasteiger partial charge on any atom is 0.251 e. The van der Waals surface area contributed by atoms with Crippen LogP contribution in [0, 0.1) is 0 Å². The van der Waals surface area contributed by atoms with E-state index in [0.717, 1.165) is 41.7 Å². The smallest absolute Gasteiger partial charge is 0.251 e. The summed E-state index contributed by atoms with van der Waals surface area (Å²) in [6.07, 6.45) is 6.15. The Kier molecular flexibility index (Phi) is 6.15. The molecule has 2 heterocycles. The molecule has 1 aliphatic rings. The predicted molar refractivity (Wildman–Crippen MR) is 102 cm³/mol. The van der Waals surface area contributed by atoms with Crippen molar-refractivity contribution in [3.8, 4) is 0 Å². The third-order valence-electron chi connectivity index (χ3n) is 4.74. The Morgan fingerprint density at radius 3 is 3.08 bits per heavy atom. The molecule has 0 unspecified atom stereocenters. The second-order valence-electron chi connectivity index (χ2n) is 6.44. The van der Waals surface area contributed by atoms with E-state index in [2.05, 4.69) is 28.2 Å². The molecular formula is C19H26N4OS. The molecular weight excluding hydrogens is 332 g/mol. The van der Waals surface area contributed by atoms with E-state index in [0.29, 0.717) is 6.04 Å². The Morgan fingerprint density at radius 2 is 2.32 bits per heavy atom. The minimum atomic E-state index is 0.0202. The van der Waals surface area contributed by atoms with Gasteiger partial charge in [0.15, 0.2) is 5.16 Å². The van der Waals surface area contributed by atoms with Crippen molar-refractivity contribution in [1.29, 1.82) is 0 Å². The molecule has 3 rings (SSSR count). The zero-order valence-electron chi connectivity index (χ0n) is 14.9. The number of benzene rings is 1. The van der Waals surface area contributed by atoms with E-state index in [-0.39, 0.29) is 5.91 Å². The van der Waals surface area contributed by atoms with Crippen LogP contribution in [0.1, 0.15) is 35.7 Å². The minimum Gasteiger partial charge on any atom is -0.350 e. The van der Waals surface area contributed by atoms with Crippen LogP contribution in [0.15, 0.2) is 41.8 Å². The van der Waals surface area contributed by atoms with Crippen LogP contribution in [0.2, 0.25) is 0 Å². The first-order chi connectivity index (χ1) is 12.2. The van der Waals surface area contributed by atoms with Gasteiger partial charge >= 0.3 is 0 Å². The van der Waals surface area contributed by atoms with Gasteiger partial charge in [-0.05, 0) is 43.6 Å². The number of thioether (sulfide) groups is 1. The van der Waals surface area contributed by atoms with E-state index in [9.17, 15) is 4.79 Å². The van der Waals surface area contributed by atoms with Crippen LogP contribution in [0.25, 0.3) is 0 Å². The van der Waals surface area contributed by atoms with E-state index in [1.54, 1.807) is 18.0 Å². The molecule has 1 aromatic carbocycles. The number of aromatic nitrogens is 2. The molecule has 2 aromatic rings. The minimum absolute atomic E-state index is 0.0202. The Bertz CT molecular complexity index is 715. The van der Waals surface area contributed by atoms with Crippen molar-refractivity contribution in [2.24, 2.45) is 7.05 Å². The molecule has 1 fully saturated rings. The lowest BCUT2D eigenvalue weighted by molar-refractivity contribution is 0.0941. The second-order valence-corrected chi connectivity index (χ2v) is 7.39. The van der Waals surface area contributed by atoms with E-state index >= 15 is 0 Å². The number of likely N-dealkylation sites (tertiary alicyclic amines) is 1. The Morgan fingerprint density at radius 1 is 1.44 bits per heavy atom. The van der Waals surface area contributed by atoms with Gasteiger partial charge in [-0.1, -0.05) is 30.8 Å². The van der Waals surface area contributed by atoms with Crippen molar-refractivity contribution in [3.63, 3.8) is 0 Å². The van der Waals surface area contributed by atoms with Crippen LogP contribution in [0.4, 0.5) is 0 Å². The number of rotatable bonds is 7. The zero-order valence-corrected chi connectivity index (χ0v) is 15.8. The van der Waals surface area contributed by atoms with E-state index in [1.165, 1.54) is 12.8 Å². The molecule has 0 radical (unpaired) electrons. The molecule has 1 atom stereocenters. The largest absolute Gasteiger partial charge is 0.350 e. The molecule has 0 bridgehead atoms. The number of carbonyl (C=O) groups is 1. The number of nitrogens with one attached hydrogen (secondary N) is 1. The molecule has 0 saturated carbocycles. The molecule has 25 heavy (non-hydrogen) atoms. The molecule has 1 amide bonds. The topological polar surface area (TPSA) is 50.2 Å². The van der Waals surface area contributed by atoms with Crippen molar-refractivity contribution in [1.82, 2.24) is 19.8 Å². The summed E-state index contributed by atoms with van der Waals surface area (Å²) in [5.41, 5.74) is 1.87. The lowest BCUT2D eigenvalue weighted by Crippen LogP contribution is -2.40. The lowest BCUT2D eigenvalue weighted by atomic mass is 10.1. The molecule has 5 nitrogen and oxygen atoms in total. The monoisotopic (exact) mass is 358 g/mol. The average molecular weight is 359 g/mol.